The standard InChI is InChI=1S/C14H13N2O5/c17-9-8-16(15-12(18)10-14(20)21)13(19)7-6-11-4-2-1-3-5-11/h1-7H,8,10H2,(H,15,18)(H,20,21)/b7-6+. The number of nitrogens with one attached hydrogen (secondary N) is 1. The molecule has 0 spiro atoms. The molecule has 109 valence electrons. The summed E-state index contributed by atoms with van der Waals surface area (Å²) in [7, 11) is 0. The molecule has 0 heterocycles. The van der Waals surface area contributed by atoms with Gasteiger partial charge in [0.05, 0.1) is 0 Å². The van der Waals surface area contributed by atoms with Gasteiger partial charge in [-0.1, -0.05) is 30.3 Å². The van der Waals surface area contributed by atoms with E-state index in [1.165, 1.54) is 12.4 Å². The summed E-state index contributed by atoms with van der Waals surface area (Å²) in [6.45, 7) is -0.497. The third-order valence-electron chi connectivity index (χ3n) is 2.28. The highest BCUT2D eigenvalue weighted by Gasteiger charge is 2.15. The fourth-order valence-corrected chi connectivity index (χ4v) is 1.39. The molecular formula is C14H13N2O5. The monoisotopic (exact) mass is 289 g/mol. The molecule has 7 heteroatoms. The summed E-state index contributed by atoms with van der Waals surface area (Å²) in [5.74, 6) is -2.91. The molecule has 0 bridgehead atoms. The van der Waals surface area contributed by atoms with Crippen molar-refractivity contribution in [3.8, 4) is 0 Å². The number of hydrogen-bond acceptors (Lipinski definition) is 4. The molecule has 1 aromatic rings. The number of hydrazine groups is 1. The predicted molar refractivity (Wildman–Crippen MR) is 73.3 cm³/mol. The van der Waals surface area contributed by atoms with Crippen molar-refractivity contribution in [2.24, 2.45) is 0 Å². The maximum atomic E-state index is 11.8. The lowest BCUT2D eigenvalue weighted by molar-refractivity contribution is -0.144. The molecular weight excluding hydrogens is 276 g/mol. The van der Waals surface area contributed by atoms with Gasteiger partial charge in [-0.15, -0.1) is 0 Å². The maximum Gasteiger partial charge on any atom is 0.312 e. The molecule has 21 heavy (non-hydrogen) atoms. The highest BCUT2D eigenvalue weighted by molar-refractivity contribution is 5.97. The van der Waals surface area contributed by atoms with Crippen molar-refractivity contribution in [3.05, 3.63) is 42.0 Å². The third kappa shape index (κ3) is 6.15. The van der Waals surface area contributed by atoms with E-state index in [-0.39, 0.29) is 0 Å². The molecule has 1 aromatic carbocycles. The number of carboxylic acid groups (broad SMARTS) is 1. The van der Waals surface area contributed by atoms with Crippen molar-refractivity contribution >= 4 is 30.1 Å². The molecule has 0 aliphatic heterocycles. The van der Waals surface area contributed by atoms with E-state index < -0.39 is 30.7 Å². The number of nitrogens with zero attached hydrogens (tertiary/aromatic N) is 1. The van der Waals surface area contributed by atoms with Crippen molar-refractivity contribution < 1.29 is 24.3 Å². The summed E-state index contributed by atoms with van der Waals surface area (Å²) < 4.78 is 0. The van der Waals surface area contributed by atoms with Crippen LogP contribution in [0.2, 0.25) is 0 Å². The van der Waals surface area contributed by atoms with Crippen LogP contribution in [0.3, 0.4) is 0 Å². The Balaban J connectivity index is 2.69. The van der Waals surface area contributed by atoms with Gasteiger partial charge in [-0.3, -0.25) is 24.6 Å². The fraction of sp³-hybridized carbons (Fsp3) is 0.143. The van der Waals surface area contributed by atoms with Crippen molar-refractivity contribution in [2.45, 2.75) is 6.42 Å². The predicted octanol–water partition coefficient (Wildman–Crippen LogP) is 0.144. The lowest BCUT2D eigenvalue weighted by Gasteiger charge is -2.18. The van der Waals surface area contributed by atoms with Crippen molar-refractivity contribution in [2.75, 3.05) is 6.54 Å². The lowest BCUT2D eigenvalue weighted by atomic mass is 10.2. The van der Waals surface area contributed by atoms with Crippen LogP contribution in [0.1, 0.15) is 12.0 Å². The first-order valence-corrected chi connectivity index (χ1v) is 5.94. The molecule has 0 aliphatic carbocycles. The Kier molecular flexibility index (Phi) is 6.33. The van der Waals surface area contributed by atoms with E-state index in [9.17, 15) is 19.2 Å². The van der Waals surface area contributed by atoms with Crippen LogP contribution in [0.4, 0.5) is 0 Å². The van der Waals surface area contributed by atoms with Crippen LogP contribution >= 0.6 is 0 Å². The Morgan fingerprint density at radius 3 is 2.48 bits per heavy atom. The Morgan fingerprint density at radius 2 is 1.90 bits per heavy atom. The van der Waals surface area contributed by atoms with Gasteiger partial charge < -0.3 is 5.11 Å². The molecule has 0 saturated heterocycles. The van der Waals surface area contributed by atoms with E-state index in [2.05, 4.69) is 0 Å². The SMILES string of the molecule is O=[C]CN(NC(=O)CC(=O)O)C(=O)/C=C/c1ccccc1. The average molecular weight is 289 g/mol. The van der Waals surface area contributed by atoms with E-state index in [1.807, 2.05) is 11.5 Å². The van der Waals surface area contributed by atoms with Gasteiger partial charge in [0.2, 0.25) is 12.2 Å². The molecule has 1 rings (SSSR count). The molecule has 2 N–H and O–H groups in total. The number of amides is 2. The van der Waals surface area contributed by atoms with Gasteiger partial charge >= 0.3 is 5.97 Å². The Hall–Kier alpha value is -2.96. The molecule has 7 nitrogen and oxygen atoms in total. The number of benzene rings is 1. The minimum Gasteiger partial charge on any atom is -0.481 e. The van der Waals surface area contributed by atoms with Gasteiger partial charge in [0.25, 0.3) is 5.91 Å². The summed E-state index contributed by atoms with van der Waals surface area (Å²) in [6.07, 6.45) is 3.33. The minimum atomic E-state index is -1.34. The van der Waals surface area contributed by atoms with E-state index in [1.54, 1.807) is 24.3 Å². The number of aliphatic carboxylic acids is 1. The van der Waals surface area contributed by atoms with E-state index >= 15 is 0 Å². The molecule has 2 amide bonds. The van der Waals surface area contributed by atoms with E-state index in [0.717, 1.165) is 11.6 Å². The zero-order valence-corrected chi connectivity index (χ0v) is 11.0. The zero-order chi connectivity index (χ0) is 15.7. The zero-order valence-electron chi connectivity index (χ0n) is 11.0. The van der Waals surface area contributed by atoms with Gasteiger partial charge in [-0.2, -0.15) is 0 Å². The molecule has 0 atom stereocenters. The lowest BCUT2D eigenvalue weighted by Crippen LogP contribution is -2.46. The number of carbonyl (C=O) groups is 3. The Morgan fingerprint density at radius 1 is 1.24 bits per heavy atom. The molecule has 0 aliphatic rings. The van der Waals surface area contributed by atoms with Crippen LogP contribution in [0, 0.1) is 0 Å². The summed E-state index contributed by atoms with van der Waals surface area (Å²) in [5.41, 5.74) is 2.80. The number of hydrogen-bond donors (Lipinski definition) is 2. The first-order chi connectivity index (χ1) is 10.0. The minimum absolute atomic E-state index is 0.497. The second-order valence-corrected chi connectivity index (χ2v) is 3.92. The topological polar surface area (TPSA) is 104 Å². The normalized spacial score (nSPS) is 10.1. The van der Waals surface area contributed by atoms with Crippen LogP contribution in [-0.2, 0) is 19.2 Å². The quantitative estimate of drug-likeness (QED) is 0.440. The summed E-state index contributed by atoms with van der Waals surface area (Å²) in [4.78, 5) is 43.9. The van der Waals surface area contributed by atoms with Gasteiger partial charge in [-0.05, 0) is 11.6 Å². The summed E-state index contributed by atoms with van der Waals surface area (Å²) in [6, 6.07) is 8.93. The first-order valence-electron chi connectivity index (χ1n) is 5.94. The largest absolute Gasteiger partial charge is 0.481 e. The van der Waals surface area contributed by atoms with E-state index in [4.69, 9.17) is 5.11 Å². The van der Waals surface area contributed by atoms with Gasteiger partial charge in [0, 0.05) is 6.08 Å². The molecule has 0 aromatic heterocycles. The van der Waals surface area contributed by atoms with Gasteiger partial charge in [0.15, 0.2) is 0 Å². The van der Waals surface area contributed by atoms with Crippen LogP contribution in [0.5, 0.6) is 0 Å². The summed E-state index contributed by atoms with van der Waals surface area (Å²) >= 11 is 0. The van der Waals surface area contributed by atoms with Crippen molar-refractivity contribution in [1.82, 2.24) is 10.4 Å². The molecule has 1 radical (unpaired) electrons. The summed E-state index contributed by atoms with van der Waals surface area (Å²) in [5, 5.41) is 9.15. The number of carbonyl (C=O) groups excluding carboxylic acids is 3. The fourth-order valence-electron chi connectivity index (χ4n) is 1.39. The van der Waals surface area contributed by atoms with Crippen molar-refractivity contribution in [1.29, 1.82) is 0 Å². The van der Waals surface area contributed by atoms with Crippen LogP contribution < -0.4 is 5.43 Å². The van der Waals surface area contributed by atoms with Gasteiger partial charge in [-0.25, -0.2) is 5.01 Å². The smallest absolute Gasteiger partial charge is 0.312 e. The highest BCUT2D eigenvalue weighted by Crippen LogP contribution is 2.01. The Labute approximate surface area is 120 Å². The van der Waals surface area contributed by atoms with Crippen LogP contribution in [-0.4, -0.2) is 40.7 Å². The molecule has 0 unspecified atom stereocenters. The average Bonchev–Trinajstić information content (AvgIpc) is 2.44. The highest BCUT2D eigenvalue weighted by atomic mass is 16.4. The molecule has 0 fully saturated rings. The number of carboxylic acids is 1. The van der Waals surface area contributed by atoms with Gasteiger partial charge in [0.1, 0.15) is 13.0 Å². The third-order valence-corrected chi connectivity index (χ3v) is 2.28. The Bertz CT molecular complexity index is 554. The van der Waals surface area contributed by atoms with E-state index in [0.29, 0.717) is 5.01 Å². The second-order valence-electron chi connectivity index (χ2n) is 3.92. The number of rotatable bonds is 6. The first kappa shape index (κ1) is 16.1. The van der Waals surface area contributed by atoms with Crippen LogP contribution in [0.25, 0.3) is 6.08 Å². The van der Waals surface area contributed by atoms with Crippen molar-refractivity contribution in [3.63, 3.8) is 0 Å². The molecule has 0 saturated carbocycles. The maximum absolute atomic E-state index is 11.8. The van der Waals surface area contributed by atoms with Crippen LogP contribution in [0.15, 0.2) is 36.4 Å². The second kappa shape index (κ2) is 8.26.